The minimum Gasteiger partial charge on any atom is -0.507 e. The first kappa shape index (κ1) is 23.2. The molecule has 186 valence electrons. The fourth-order valence-electron chi connectivity index (χ4n) is 4.96. The topological polar surface area (TPSA) is 89.0 Å². The summed E-state index contributed by atoms with van der Waals surface area (Å²) in [4.78, 5) is 33.0. The van der Waals surface area contributed by atoms with E-state index in [4.69, 9.17) is 9.47 Å². The van der Waals surface area contributed by atoms with Crippen LogP contribution in [0.25, 0.3) is 16.0 Å². The third-order valence-corrected chi connectivity index (χ3v) is 7.61. The Hall–Kier alpha value is -4.17. The number of hydrogen-bond acceptors (Lipinski definition) is 7. The fourth-order valence-corrected chi connectivity index (χ4v) is 5.98. The van der Waals surface area contributed by atoms with Gasteiger partial charge in [0, 0.05) is 12.0 Å². The van der Waals surface area contributed by atoms with Gasteiger partial charge in [0.05, 0.1) is 28.4 Å². The number of nitrogens with zero attached hydrogens (tertiary/aromatic N) is 2. The van der Waals surface area contributed by atoms with Crippen LogP contribution in [0.15, 0.2) is 72.3 Å². The molecule has 0 aliphatic carbocycles. The van der Waals surface area contributed by atoms with Gasteiger partial charge in [-0.15, -0.1) is 0 Å². The average Bonchev–Trinajstić information content (AvgIpc) is 3.56. The van der Waals surface area contributed by atoms with Crippen molar-refractivity contribution >= 4 is 44.1 Å². The van der Waals surface area contributed by atoms with Crippen molar-refractivity contribution < 1.29 is 24.2 Å². The maximum Gasteiger partial charge on any atom is 0.301 e. The van der Waals surface area contributed by atoms with Gasteiger partial charge in [0.15, 0.2) is 5.13 Å². The number of fused-ring (bicyclic) bond motifs is 2. The highest BCUT2D eigenvalue weighted by molar-refractivity contribution is 7.22. The van der Waals surface area contributed by atoms with Crippen molar-refractivity contribution in [2.75, 3.05) is 11.5 Å². The standard InChI is InChI=1S/C29H24N2O5S/c1-3-35-20-10-11-21-23(15-20)37-29(30-21)31-25(17-7-5-4-6-8-17)24(27(33)28(31)34)26(32)18-9-12-22-19(14-18)13-16(2)36-22/h4-12,14-16,25,32H,3,13H2,1-2H3/t16-,25+/m0/s1. The lowest BCUT2D eigenvalue weighted by Gasteiger charge is -2.23. The number of Topliss-reactive ketones (excluding diaryl/α,β-unsaturated/α-hetero) is 1. The Balaban J connectivity index is 1.50. The van der Waals surface area contributed by atoms with Gasteiger partial charge in [-0.05, 0) is 61.4 Å². The Labute approximate surface area is 217 Å². The number of thiazole rings is 1. The molecule has 0 bridgehead atoms. The maximum absolute atomic E-state index is 13.5. The second-order valence-electron chi connectivity index (χ2n) is 9.09. The summed E-state index contributed by atoms with van der Waals surface area (Å²) in [6, 6.07) is 19.3. The number of anilines is 1. The number of carbonyl (C=O) groups is 2. The van der Waals surface area contributed by atoms with Gasteiger partial charge in [-0.3, -0.25) is 14.5 Å². The summed E-state index contributed by atoms with van der Waals surface area (Å²) >= 11 is 1.31. The van der Waals surface area contributed by atoms with E-state index in [2.05, 4.69) is 4.98 Å². The molecule has 0 spiro atoms. The first-order chi connectivity index (χ1) is 17.9. The molecule has 1 fully saturated rings. The van der Waals surface area contributed by atoms with Gasteiger partial charge >= 0.3 is 5.91 Å². The van der Waals surface area contributed by atoms with Crippen molar-refractivity contribution in [2.24, 2.45) is 0 Å². The van der Waals surface area contributed by atoms with Crippen molar-refractivity contribution in [1.82, 2.24) is 4.98 Å². The number of ketones is 1. The van der Waals surface area contributed by atoms with E-state index in [0.717, 1.165) is 16.0 Å². The SMILES string of the molecule is CCOc1ccc2nc(N3C(=O)C(=O)C(=C(O)c4ccc5c(c4)C[C@H](C)O5)[C@H]3c3ccccc3)sc2c1. The van der Waals surface area contributed by atoms with Gasteiger partial charge in [-0.25, -0.2) is 4.98 Å². The second-order valence-corrected chi connectivity index (χ2v) is 10.1. The highest BCUT2D eigenvalue weighted by Gasteiger charge is 2.48. The number of amides is 1. The summed E-state index contributed by atoms with van der Waals surface area (Å²) in [6.07, 6.45) is 0.757. The summed E-state index contributed by atoms with van der Waals surface area (Å²) in [5.41, 5.74) is 2.87. The highest BCUT2D eigenvalue weighted by atomic mass is 32.1. The van der Waals surface area contributed by atoms with Gasteiger partial charge in [0.25, 0.3) is 5.78 Å². The zero-order valence-electron chi connectivity index (χ0n) is 20.3. The fraction of sp³-hybridized carbons (Fsp3) is 0.207. The Morgan fingerprint density at radius 3 is 2.73 bits per heavy atom. The molecular weight excluding hydrogens is 488 g/mol. The summed E-state index contributed by atoms with van der Waals surface area (Å²) in [6.45, 7) is 4.43. The second kappa shape index (κ2) is 9.05. The van der Waals surface area contributed by atoms with Gasteiger partial charge in [0.2, 0.25) is 0 Å². The molecule has 6 rings (SSSR count). The number of aliphatic hydroxyl groups is 1. The van der Waals surface area contributed by atoms with E-state index < -0.39 is 17.7 Å². The van der Waals surface area contributed by atoms with Crippen LogP contribution in [0.5, 0.6) is 11.5 Å². The van der Waals surface area contributed by atoms with E-state index in [1.165, 1.54) is 16.2 Å². The molecule has 1 N–H and O–H groups in total. The molecule has 3 heterocycles. The van der Waals surface area contributed by atoms with Crippen LogP contribution in [-0.4, -0.2) is 34.5 Å². The summed E-state index contributed by atoms with van der Waals surface area (Å²) in [5, 5.41) is 11.8. The number of carbonyl (C=O) groups excluding carboxylic acids is 2. The Bertz CT molecular complexity index is 1580. The largest absolute Gasteiger partial charge is 0.507 e. The van der Waals surface area contributed by atoms with E-state index in [1.807, 2.05) is 68.4 Å². The number of aromatic nitrogens is 1. The molecule has 0 saturated carbocycles. The molecule has 2 aliphatic heterocycles. The van der Waals surface area contributed by atoms with E-state index in [-0.39, 0.29) is 17.4 Å². The lowest BCUT2D eigenvalue weighted by Crippen LogP contribution is -2.29. The number of ether oxygens (including phenoxy) is 2. The summed E-state index contributed by atoms with van der Waals surface area (Å²) in [7, 11) is 0. The summed E-state index contributed by atoms with van der Waals surface area (Å²) in [5.74, 6) is -0.202. The van der Waals surface area contributed by atoms with Crippen LogP contribution >= 0.6 is 11.3 Å². The van der Waals surface area contributed by atoms with Crippen molar-refractivity contribution in [3.05, 3.63) is 89.0 Å². The van der Waals surface area contributed by atoms with Crippen LogP contribution in [0.1, 0.15) is 36.6 Å². The van der Waals surface area contributed by atoms with Gasteiger partial charge in [-0.2, -0.15) is 0 Å². The molecule has 4 aromatic rings. The molecule has 1 amide bonds. The number of rotatable bonds is 5. The zero-order chi connectivity index (χ0) is 25.7. The minimum atomic E-state index is -0.823. The molecule has 2 aliphatic rings. The van der Waals surface area contributed by atoms with Gasteiger partial charge < -0.3 is 14.6 Å². The van der Waals surface area contributed by atoms with Crippen LogP contribution in [0.4, 0.5) is 5.13 Å². The number of aliphatic hydroxyl groups excluding tert-OH is 1. The lowest BCUT2D eigenvalue weighted by atomic mass is 9.94. The lowest BCUT2D eigenvalue weighted by molar-refractivity contribution is -0.132. The normalized spacial score (nSPS) is 20.3. The maximum atomic E-state index is 13.5. The predicted molar refractivity (Wildman–Crippen MR) is 142 cm³/mol. The molecule has 0 unspecified atom stereocenters. The van der Waals surface area contributed by atoms with E-state index >= 15 is 0 Å². The van der Waals surface area contributed by atoms with Crippen LogP contribution in [0.3, 0.4) is 0 Å². The molecule has 7 nitrogen and oxygen atoms in total. The Morgan fingerprint density at radius 1 is 1.14 bits per heavy atom. The van der Waals surface area contributed by atoms with Gasteiger partial charge in [0.1, 0.15) is 23.4 Å². The van der Waals surface area contributed by atoms with E-state index in [0.29, 0.717) is 40.6 Å². The smallest absolute Gasteiger partial charge is 0.301 e. The van der Waals surface area contributed by atoms with Crippen LogP contribution < -0.4 is 14.4 Å². The zero-order valence-corrected chi connectivity index (χ0v) is 21.1. The minimum absolute atomic E-state index is 0.0392. The van der Waals surface area contributed by atoms with Crippen molar-refractivity contribution in [3.8, 4) is 11.5 Å². The third kappa shape index (κ3) is 3.94. The number of benzene rings is 3. The molecule has 0 radical (unpaired) electrons. The molecule has 8 heteroatoms. The molecular formula is C29H24N2O5S. The molecule has 1 saturated heterocycles. The quantitative estimate of drug-likeness (QED) is 0.211. The Kier molecular flexibility index (Phi) is 5.68. The van der Waals surface area contributed by atoms with Crippen LogP contribution in [0.2, 0.25) is 0 Å². The van der Waals surface area contributed by atoms with E-state index in [1.54, 1.807) is 12.1 Å². The van der Waals surface area contributed by atoms with Gasteiger partial charge in [-0.1, -0.05) is 41.7 Å². The molecule has 3 aromatic carbocycles. The highest BCUT2D eigenvalue weighted by Crippen LogP contribution is 2.45. The molecule has 37 heavy (non-hydrogen) atoms. The first-order valence-corrected chi connectivity index (χ1v) is 13.0. The van der Waals surface area contributed by atoms with Crippen molar-refractivity contribution in [1.29, 1.82) is 0 Å². The average molecular weight is 513 g/mol. The number of hydrogen-bond donors (Lipinski definition) is 1. The first-order valence-electron chi connectivity index (χ1n) is 12.1. The molecule has 2 atom stereocenters. The monoisotopic (exact) mass is 512 g/mol. The molecule has 1 aromatic heterocycles. The van der Waals surface area contributed by atoms with Crippen LogP contribution in [0, 0.1) is 0 Å². The van der Waals surface area contributed by atoms with Crippen LogP contribution in [-0.2, 0) is 16.0 Å². The third-order valence-electron chi connectivity index (χ3n) is 6.59. The van der Waals surface area contributed by atoms with Crippen molar-refractivity contribution in [2.45, 2.75) is 32.4 Å². The Morgan fingerprint density at radius 2 is 1.95 bits per heavy atom. The summed E-state index contributed by atoms with van der Waals surface area (Å²) < 4.78 is 12.2. The van der Waals surface area contributed by atoms with Crippen molar-refractivity contribution in [3.63, 3.8) is 0 Å². The predicted octanol–water partition coefficient (Wildman–Crippen LogP) is 5.64. The van der Waals surface area contributed by atoms with E-state index in [9.17, 15) is 14.7 Å².